The SMILES string of the molecule is CCC(CO)(CO)NS(=O)(=O)c1ccc(C#N)c(Cl)c1. The predicted molar refractivity (Wildman–Crippen MR) is 73.7 cm³/mol. The lowest BCUT2D eigenvalue weighted by Gasteiger charge is -2.29. The molecule has 1 aromatic carbocycles. The minimum atomic E-state index is -3.97. The minimum absolute atomic E-state index is 0.0190. The van der Waals surface area contributed by atoms with Gasteiger partial charge in [0.1, 0.15) is 6.07 Å². The Morgan fingerprint density at radius 3 is 2.40 bits per heavy atom. The smallest absolute Gasteiger partial charge is 0.241 e. The molecule has 0 bridgehead atoms. The van der Waals surface area contributed by atoms with Gasteiger partial charge in [-0.3, -0.25) is 0 Å². The molecular formula is C12H15ClN2O4S. The second-order valence-electron chi connectivity index (χ2n) is 4.31. The number of sulfonamides is 1. The van der Waals surface area contributed by atoms with Crippen LogP contribution in [0.5, 0.6) is 0 Å². The van der Waals surface area contributed by atoms with Crippen molar-refractivity contribution in [1.82, 2.24) is 4.72 Å². The molecule has 6 nitrogen and oxygen atoms in total. The Kier molecular flexibility index (Phi) is 5.50. The van der Waals surface area contributed by atoms with Crippen LogP contribution in [0.25, 0.3) is 0 Å². The Morgan fingerprint density at radius 2 is 2.00 bits per heavy atom. The Bertz CT molecular complexity index is 613. The number of nitrogens with one attached hydrogen (secondary N) is 1. The van der Waals surface area contributed by atoms with E-state index in [2.05, 4.69) is 4.72 Å². The van der Waals surface area contributed by atoms with Crippen LogP contribution in [0.2, 0.25) is 5.02 Å². The zero-order chi connectivity index (χ0) is 15.4. The number of nitrogens with zero attached hydrogens (tertiary/aromatic N) is 1. The minimum Gasteiger partial charge on any atom is -0.394 e. The van der Waals surface area contributed by atoms with E-state index in [0.29, 0.717) is 0 Å². The van der Waals surface area contributed by atoms with Crippen LogP contribution in [0.4, 0.5) is 0 Å². The van der Waals surface area contributed by atoms with Gasteiger partial charge in [-0.05, 0) is 24.6 Å². The maximum atomic E-state index is 12.2. The predicted octanol–water partition coefficient (Wildman–Crippen LogP) is 0.623. The van der Waals surface area contributed by atoms with Gasteiger partial charge in [-0.15, -0.1) is 0 Å². The number of aliphatic hydroxyl groups excluding tert-OH is 2. The lowest BCUT2D eigenvalue weighted by atomic mass is 10.0. The van der Waals surface area contributed by atoms with E-state index in [1.54, 1.807) is 6.92 Å². The van der Waals surface area contributed by atoms with Crippen molar-refractivity contribution in [1.29, 1.82) is 5.26 Å². The summed E-state index contributed by atoms with van der Waals surface area (Å²) in [4.78, 5) is -0.138. The van der Waals surface area contributed by atoms with Crippen molar-refractivity contribution in [2.24, 2.45) is 0 Å². The molecule has 0 amide bonds. The van der Waals surface area contributed by atoms with E-state index >= 15 is 0 Å². The molecule has 0 aliphatic carbocycles. The molecule has 0 radical (unpaired) electrons. The van der Waals surface area contributed by atoms with Gasteiger partial charge in [-0.1, -0.05) is 18.5 Å². The standard InChI is InChI=1S/C12H15ClN2O4S/c1-2-12(7-16,8-17)15-20(18,19)10-4-3-9(6-14)11(13)5-10/h3-5,15-17H,2,7-8H2,1H3. The van der Waals surface area contributed by atoms with Gasteiger partial charge < -0.3 is 10.2 Å². The molecule has 3 N–H and O–H groups in total. The van der Waals surface area contributed by atoms with E-state index in [4.69, 9.17) is 16.9 Å². The summed E-state index contributed by atoms with van der Waals surface area (Å²) in [5.41, 5.74) is -1.17. The summed E-state index contributed by atoms with van der Waals surface area (Å²) in [6, 6.07) is 5.51. The van der Waals surface area contributed by atoms with E-state index in [9.17, 15) is 18.6 Å². The van der Waals surface area contributed by atoms with Gasteiger partial charge in [0.15, 0.2) is 0 Å². The lowest BCUT2D eigenvalue weighted by molar-refractivity contribution is 0.105. The van der Waals surface area contributed by atoms with Crippen molar-refractivity contribution < 1.29 is 18.6 Å². The Labute approximate surface area is 122 Å². The summed E-state index contributed by atoms with van der Waals surface area (Å²) in [6.07, 6.45) is 0.212. The highest BCUT2D eigenvalue weighted by Crippen LogP contribution is 2.22. The van der Waals surface area contributed by atoms with Gasteiger partial charge in [0, 0.05) is 0 Å². The summed E-state index contributed by atoms with van der Waals surface area (Å²) in [5.74, 6) is 0. The molecule has 0 atom stereocenters. The Balaban J connectivity index is 3.18. The van der Waals surface area contributed by atoms with Crippen LogP contribution in [0.1, 0.15) is 18.9 Å². The summed E-state index contributed by atoms with van der Waals surface area (Å²) in [6.45, 7) is 0.563. The number of rotatable bonds is 6. The molecule has 8 heteroatoms. The average molecular weight is 319 g/mol. The van der Waals surface area contributed by atoms with Crippen molar-refractivity contribution in [2.45, 2.75) is 23.8 Å². The molecule has 0 unspecified atom stereocenters. The third kappa shape index (κ3) is 3.48. The van der Waals surface area contributed by atoms with Gasteiger partial charge in [-0.2, -0.15) is 5.26 Å². The van der Waals surface area contributed by atoms with Gasteiger partial charge >= 0.3 is 0 Å². The maximum absolute atomic E-state index is 12.2. The highest BCUT2D eigenvalue weighted by molar-refractivity contribution is 7.89. The number of hydrogen-bond donors (Lipinski definition) is 3. The molecule has 0 saturated heterocycles. The fraction of sp³-hybridized carbons (Fsp3) is 0.417. The van der Waals surface area contributed by atoms with Crippen molar-refractivity contribution >= 4 is 21.6 Å². The molecular weight excluding hydrogens is 304 g/mol. The second-order valence-corrected chi connectivity index (χ2v) is 6.40. The second kappa shape index (κ2) is 6.52. The van der Waals surface area contributed by atoms with Crippen LogP contribution < -0.4 is 4.72 Å². The third-order valence-corrected chi connectivity index (χ3v) is 4.89. The van der Waals surface area contributed by atoms with Gasteiger partial charge in [0.05, 0.1) is 34.2 Å². The first-order chi connectivity index (χ1) is 9.34. The number of hydrogen-bond acceptors (Lipinski definition) is 5. The average Bonchev–Trinajstić information content (AvgIpc) is 2.44. The Morgan fingerprint density at radius 1 is 1.40 bits per heavy atom. The van der Waals surface area contributed by atoms with E-state index in [1.807, 2.05) is 6.07 Å². The molecule has 0 fully saturated rings. The van der Waals surface area contributed by atoms with Gasteiger partial charge in [0.2, 0.25) is 10.0 Å². The van der Waals surface area contributed by atoms with Crippen molar-refractivity contribution in [3.05, 3.63) is 28.8 Å². The highest BCUT2D eigenvalue weighted by atomic mass is 35.5. The molecule has 0 aliphatic heterocycles. The first kappa shape index (κ1) is 16.9. The van der Waals surface area contributed by atoms with Gasteiger partial charge in [0.25, 0.3) is 0 Å². The number of halogens is 1. The first-order valence-electron chi connectivity index (χ1n) is 5.79. The number of nitriles is 1. The molecule has 20 heavy (non-hydrogen) atoms. The van der Waals surface area contributed by atoms with Crippen molar-refractivity contribution in [3.63, 3.8) is 0 Å². The molecule has 1 aromatic rings. The van der Waals surface area contributed by atoms with E-state index in [1.165, 1.54) is 12.1 Å². The molecule has 110 valence electrons. The quantitative estimate of drug-likeness (QED) is 0.712. The molecule has 0 aliphatic rings. The first-order valence-corrected chi connectivity index (χ1v) is 7.65. The van der Waals surface area contributed by atoms with E-state index in [0.717, 1.165) is 6.07 Å². The lowest BCUT2D eigenvalue weighted by Crippen LogP contribution is -2.53. The van der Waals surface area contributed by atoms with Crippen LogP contribution in [-0.4, -0.2) is 37.4 Å². The molecule has 1 rings (SSSR count). The molecule has 0 aromatic heterocycles. The summed E-state index contributed by atoms with van der Waals surface area (Å²) < 4.78 is 26.7. The normalized spacial score (nSPS) is 12.2. The molecule has 0 spiro atoms. The summed E-state index contributed by atoms with van der Waals surface area (Å²) >= 11 is 5.79. The van der Waals surface area contributed by atoms with Crippen LogP contribution in [0.15, 0.2) is 23.1 Å². The zero-order valence-electron chi connectivity index (χ0n) is 10.8. The topological polar surface area (TPSA) is 110 Å². The monoisotopic (exact) mass is 318 g/mol. The number of aliphatic hydroxyl groups is 2. The number of benzene rings is 1. The molecule has 0 heterocycles. The maximum Gasteiger partial charge on any atom is 0.241 e. The third-order valence-electron chi connectivity index (χ3n) is 3.00. The van der Waals surface area contributed by atoms with Crippen LogP contribution >= 0.6 is 11.6 Å². The highest BCUT2D eigenvalue weighted by Gasteiger charge is 2.32. The Hall–Kier alpha value is -1.17. The summed E-state index contributed by atoms with van der Waals surface area (Å²) in [7, 11) is -3.97. The van der Waals surface area contributed by atoms with Crippen molar-refractivity contribution in [2.75, 3.05) is 13.2 Å². The van der Waals surface area contributed by atoms with Crippen LogP contribution in [-0.2, 0) is 10.0 Å². The fourth-order valence-corrected chi connectivity index (χ4v) is 3.28. The fourth-order valence-electron chi connectivity index (χ4n) is 1.51. The van der Waals surface area contributed by atoms with Crippen molar-refractivity contribution in [3.8, 4) is 6.07 Å². The summed E-state index contributed by atoms with van der Waals surface area (Å²) in [5, 5.41) is 27.3. The largest absolute Gasteiger partial charge is 0.394 e. The van der Waals surface area contributed by atoms with Crippen LogP contribution in [0.3, 0.4) is 0 Å². The molecule has 0 saturated carbocycles. The van der Waals surface area contributed by atoms with Crippen LogP contribution in [0, 0.1) is 11.3 Å². The van der Waals surface area contributed by atoms with E-state index in [-0.39, 0.29) is 21.9 Å². The van der Waals surface area contributed by atoms with E-state index < -0.39 is 28.8 Å². The van der Waals surface area contributed by atoms with Gasteiger partial charge in [-0.25, -0.2) is 13.1 Å². The zero-order valence-corrected chi connectivity index (χ0v) is 12.4.